The van der Waals surface area contributed by atoms with Crippen molar-refractivity contribution in [2.45, 2.75) is 193 Å². The second-order valence-corrected chi connectivity index (χ2v) is 29.0. The van der Waals surface area contributed by atoms with Crippen molar-refractivity contribution in [3.05, 3.63) is 65.7 Å². The first-order valence-corrected chi connectivity index (χ1v) is 37.9. The molecule has 2 fully saturated rings. The molecule has 0 bridgehead atoms. The van der Waals surface area contributed by atoms with Crippen LogP contribution in [0.4, 0.5) is 10.5 Å². The molecule has 2 aromatic carbocycles. The number of carbonyl (C=O) groups is 11. The molecule has 0 spiro atoms. The van der Waals surface area contributed by atoms with Crippen molar-refractivity contribution >= 4 is 106 Å². The van der Waals surface area contributed by atoms with Crippen LogP contribution in [-0.4, -0.2) is 229 Å². The molecular weight excluding hydrogens is 1340 g/mol. The Kier molecular flexibility index (Phi) is 37.6. The summed E-state index contributed by atoms with van der Waals surface area (Å²) >= 11 is 4.20. The lowest BCUT2D eigenvalue weighted by Crippen LogP contribution is -2.56. The molecule has 2 aliphatic rings. The quantitative estimate of drug-likeness (QED) is 0.0242. The van der Waals surface area contributed by atoms with E-state index in [4.69, 9.17) is 28.4 Å². The van der Waals surface area contributed by atoms with E-state index in [1.54, 1.807) is 89.9 Å². The highest BCUT2D eigenvalue weighted by atomic mass is 32.2. The van der Waals surface area contributed by atoms with Crippen molar-refractivity contribution in [2.75, 3.05) is 88.8 Å². The van der Waals surface area contributed by atoms with Crippen LogP contribution in [0.2, 0.25) is 0 Å². The van der Waals surface area contributed by atoms with Crippen LogP contribution in [0.25, 0.3) is 0 Å². The van der Waals surface area contributed by atoms with E-state index in [0.29, 0.717) is 60.5 Å². The van der Waals surface area contributed by atoms with Crippen molar-refractivity contribution in [1.82, 2.24) is 36.0 Å². The lowest BCUT2D eigenvalue weighted by atomic mass is 9.90. The lowest BCUT2D eigenvalue weighted by molar-refractivity contribution is -0.169. The second-order valence-electron chi connectivity index (χ2n) is 26.0. The van der Waals surface area contributed by atoms with Crippen LogP contribution >= 0.6 is 35.3 Å². The summed E-state index contributed by atoms with van der Waals surface area (Å²) in [4.78, 5) is 151. The molecule has 0 aromatic heterocycles. The molecule has 29 heteroatoms. The number of rotatable bonds is 41. The van der Waals surface area contributed by atoms with Gasteiger partial charge in [-0.25, -0.2) is 4.79 Å². The number of esters is 3. The van der Waals surface area contributed by atoms with E-state index in [1.807, 2.05) is 44.6 Å². The second kappa shape index (κ2) is 43.9. The highest BCUT2D eigenvalue weighted by Gasteiger charge is 2.43. The highest BCUT2D eigenvalue weighted by molar-refractivity contribution is 8.00. The molecule has 554 valence electrons. The molecule has 13 atom stereocenters. The Balaban J connectivity index is 1.21. The molecular formula is C70H108N8O18S3. The molecule has 8 amide bonds. The van der Waals surface area contributed by atoms with Gasteiger partial charge in [-0.05, 0) is 73.3 Å². The summed E-state index contributed by atoms with van der Waals surface area (Å²) in [7, 11) is 6.02. The van der Waals surface area contributed by atoms with Gasteiger partial charge in [0.15, 0.2) is 0 Å². The van der Waals surface area contributed by atoms with Gasteiger partial charge in [0.05, 0.1) is 86.9 Å². The molecule has 1 saturated heterocycles. The number of methoxy groups -OCH3 is 2. The van der Waals surface area contributed by atoms with Gasteiger partial charge in [-0.3, -0.25) is 52.8 Å². The van der Waals surface area contributed by atoms with Crippen LogP contribution in [0.1, 0.15) is 137 Å². The Morgan fingerprint density at radius 3 is 1.76 bits per heavy atom. The molecule has 3 unspecified atom stereocenters. The van der Waals surface area contributed by atoms with Crippen LogP contribution in [-0.2, 0) is 83.0 Å². The fraction of sp³-hybridized carbons (Fsp3) is 0.671. The average Bonchev–Trinajstić information content (AvgIpc) is 1.78. The van der Waals surface area contributed by atoms with Crippen LogP contribution in [0.5, 0.6) is 0 Å². The van der Waals surface area contributed by atoms with E-state index in [0.717, 1.165) is 4.90 Å². The van der Waals surface area contributed by atoms with Crippen LogP contribution in [0, 0.1) is 23.7 Å². The minimum Gasteiger partial charge on any atom is -0.462 e. The lowest BCUT2D eigenvalue weighted by Gasteiger charge is -2.39. The minimum absolute atomic E-state index is 0.0297. The first-order valence-electron chi connectivity index (χ1n) is 34.0. The summed E-state index contributed by atoms with van der Waals surface area (Å²) in [5, 5.41) is 24.5. The molecule has 0 radical (unpaired) electrons. The Morgan fingerprint density at radius 1 is 0.667 bits per heavy atom. The van der Waals surface area contributed by atoms with E-state index in [9.17, 15) is 57.8 Å². The Labute approximate surface area is 596 Å². The average molecular weight is 1450 g/mol. The van der Waals surface area contributed by atoms with E-state index in [2.05, 4.69) is 26.6 Å². The van der Waals surface area contributed by atoms with Gasteiger partial charge in [0.25, 0.3) is 0 Å². The molecule has 1 aliphatic heterocycles. The number of nitrogens with one attached hydrogen (secondary N) is 5. The molecule has 1 saturated carbocycles. The Bertz CT molecular complexity index is 2910. The fourth-order valence-corrected chi connectivity index (χ4v) is 13.6. The SMILES string of the molecule is CC[C@H](C)[C@@H]([C@@H](CC(=O)N1CCC[C@H]1[C@H](OC)[C@@H](C)C(=O)N[C@H](C)[C@@H](O)c1ccccc1)OC)N(C)C(=O)CNC(=O)C(C(C)C)N(C)C(=O)OCc1ccc(NC(=O)CNC(=O)C(NC(=O)CSCCC(=O)OC2C[C@@H](OC(=O)CCSC)C[C@@H](OC(=O)CCSC)C2)C(C)C)cc1. The standard InChI is InChI=1S/C70H108N8O18S3/c1-15-44(6)64(54(91-11)37-57(81)78-30-19-22-53(78)66(92-12)45(7)67(87)73-46(8)65(86)48-20-17-16-18-21-48)76(9)58(82)39-72-69(89)63(43(4)5)77(10)70(90)93-40-47-23-25-49(26-24-47)74-55(79)38-71-68(88)62(42(2)3)75-56(80)41-99-33-29-61(85)96-52-35-50(94-59(83)27-31-97-13)34-51(36-52)95-60(84)28-32-98-14/h16-18,20-21,23-26,42-46,50-54,62-66,86H,15,19,22,27-41H2,1-14H3,(H,71,88)(H,72,89)(H,73,87)(H,74,79)(H,75,80)/t44-,45+,46+,50-,51+,52?,53-,54+,62?,63?,64-,65+,66+/m0/s1. The minimum atomic E-state index is -1.05. The number of anilines is 1. The van der Waals surface area contributed by atoms with Gasteiger partial charge in [0.1, 0.15) is 37.0 Å². The number of likely N-dealkylation sites (N-methyl/N-ethyl adjacent to an activating group) is 2. The normalized spacial score (nSPS) is 18.7. The van der Waals surface area contributed by atoms with Gasteiger partial charge in [0.2, 0.25) is 41.4 Å². The van der Waals surface area contributed by atoms with Crippen LogP contribution in [0.15, 0.2) is 54.6 Å². The van der Waals surface area contributed by atoms with Crippen molar-refractivity contribution in [1.29, 1.82) is 0 Å². The summed E-state index contributed by atoms with van der Waals surface area (Å²) in [6.45, 7) is 13.8. The van der Waals surface area contributed by atoms with Gasteiger partial charge in [-0.1, -0.05) is 97.4 Å². The number of hydrogen-bond acceptors (Lipinski definition) is 21. The number of benzene rings is 2. The van der Waals surface area contributed by atoms with Crippen LogP contribution in [0.3, 0.4) is 0 Å². The highest BCUT2D eigenvalue weighted by Crippen LogP contribution is 2.31. The molecule has 99 heavy (non-hydrogen) atoms. The zero-order valence-corrected chi connectivity index (χ0v) is 62.5. The van der Waals surface area contributed by atoms with Gasteiger partial charge in [-0.15, -0.1) is 0 Å². The first kappa shape index (κ1) is 84.8. The molecule has 6 N–H and O–H groups in total. The van der Waals surface area contributed by atoms with Crippen molar-refractivity contribution < 1.29 is 86.3 Å². The summed E-state index contributed by atoms with van der Waals surface area (Å²) in [6, 6.07) is 11.8. The Morgan fingerprint density at radius 2 is 1.23 bits per heavy atom. The molecule has 1 heterocycles. The van der Waals surface area contributed by atoms with Crippen molar-refractivity contribution in [2.24, 2.45) is 23.7 Å². The fourth-order valence-electron chi connectivity index (χ4n) is 12.2. The predicted molar refractivity (Wildman–Crippen MR) is 381 cm³/mol. The topological polar surface area (TPSA) is 333 Å². The van der Waals surface area contributed by atoms with Crippen molar-refractivity contribution in [3.63, 3.8) is 0 Å². The Hall–Kier alpha value is -6.66. The number of aliphatic hydroxyl groups excluding tert-OH is 1. The first-order chi connectivity index (χ1) is 47.1. The summed E-state index contributed by atoms with van der Waals surface area (Å²) in [5.74, 6) is -4.73. The van der Waals surface area contributed by atoms with E-state index >= 15 is 0 Å². The predicted octanol–water partition coefficient (Wildman–Crippen LogP) is 6.30. The number of amides is 8. The molecule has 1 aliphatic carbocycles. The largest absolute Gasteiger partial charge is 0.462 e. The number of aliphatic hydroxyl groups is 1. The third kappa shape index (κ3) is 28.0. The maximum absolute atomic E-state index is 14.3. The number of ether oxygens (including phenoxy) is 6. The smallest absolute Gasteiger partial charge is 0.410 e. The van der Waals surface area contributed by atoms with Crippen molar-refractivity contribution in [3.8, 4) is 0 Å². The zero-order chi connectivity index (χ0) is 73.5. The monoisotopic (exact) mass is 1440 g/mol. The zero-order valence-electron chi connectivity index (χ0n) is 60.0. The molecule has 2 aromatic rings. The number of carbonyl (C=O) groups excluding carboxylic acids is 11. The third-order valence-electron chi connectivity index (χ3n) is 17.8. The maximum atomic E-state index is 14.3. The number of likely N-dealkylation sites (tertiary alicyclic amines) is 1. The maximum Gasteiger partial charge on any atom is 0.410 e. The summed E-state index contributed by atoms with van der Waals surface area (Å²) in [6.07, 6.45) is 1.90. The van der Waals surface area contributed by atoms with Gasteiger partial charge in [-0.2, -0.15) is 35.3 Å². The summed E-state index contributed by atoms with van der Waals surface area (Å²) in [5.41, 5.74) is 1.60. The van der Waals surface area contributed by atoms with Gasteiger partial charge in [0, 0.05) is 77.1 Å². The summed E-state index contributed by atoms with van der Waals surface area (Å²) < 4.78 is 34.6. The molecule has 26 nitrogen and oxygen atoms in total. The van der Waals surface area contributed by atoms with E-state index < -0.39 is 133 Å². The van der Waals surface area contributed by atoms with Crippen LogP contribution < -0.4 is 26.6 Å². The third-order valence-corrected chi connectivity index (χ3v) is 20.0. The number of hydrogen-bond donors (Lipinski definition) is 6. The van der Waals surface area contributed by atoms with Gasteiger partial charge >= 0.3 is 24.0 Å². The van der Waals surface area contributed by atoms with E-state index in [-0.39, 0.29) is 92.2 Å². The number of nitrogens with zero attached hydrogens (tertiary/aromatic N) is 3. The van der Waals surface area contributed by atoms with Gasteiger partial charge < -0.3 is 69.9 Å². The van der Waals surface area contributed by atoms with E-state index in [1.165, 1.54) is 61.5 Å². The number of thioether (sulfide) groups is 3. The molecule has 4 rings (SSSR count).